The number of hydrogen-bond donors (Lipinski definition) is 4. The Balaban J connectivity index is 1.67. The summed E-state index contributed by atoms with van der Waals surface area (Å²) in [4.78, 5) is 41.6. The van der Waals surface area contributed by atoms with Gasteiger partial charge in [-0.05, 0) is 77.1 Å². The lowest BCUT2D eigenvalue weighted by molar-refractivity contribution is -0.137. The first-order valence-corrected chi connectivity index (χ1v) is 14.1. The normalized spacial score (nSPS) is 15.2. The van der Waals surface area contributed by atoms with Gasteiger partial charge in [0.1, 0.15) is 11.1 Å². The van der Waals surface area contributed by atoms with E-state index in [0.29, 0.717) is 34.6 Å². The molecule has 38 heavy (non-hydrogen) atoms. The average Bonchev–Trinajstić information content (AvgIpc) is 3.54. The molecule has 4 N–H and O–H groups in total. The minimum absolute atomic E-state index is 0.0146. The second-order valence-corrected chi connectivity index (χ2v) is 12.7. The molecule has 0 saturated heterocycles. The fourth-order valence-electron chi connectivity index (χ4n) is 4.53. The molecular weight excluding hydrogens is 512 g/mol. The molecule has 1 aliphatic carbocycles. The number of carboxylic acids is 1. The van der Waals surface area contributed by atoms with E-state index in [1.807, 2.05) is 0 Å². The van der Waals surface area contributed by atoms with E-state index in [0.717, 1.165) is 18.4 Å². The van der Waals surface area contributed by atoms with Gasteiger partial charge in [0.25, 0.3) is 5.56 Å². The number of aryl methyl sites for hydroxylation is 1. The van der Waals surface area contributed by atoms with E-state index in [-0.39, 0.29) is 29.5 Å². The molecule has 1 saturated carbocycles. The van der Waals surface area contributed by atoms with Gasteiger partial charge in [-0.3, -0.25) is 9.59 Å². The van der Waals surface area contributed by atoms with Crippen LogP contribution in [0.1, 0.15) is 58.9 Å². The number of alkyl carbamates (subject to hydrolysis) is 1. The number of pyridine rings is 1. The predicted molar refractivity (Wildman–Crippen MR) is 143 cm³/mol. The number of nitrogens with zero attached hydrogens (tertiary/aromatic N) is 1. The highest BCUT2D eigenvalue weighted by atomic mass is 32.2. The number of benzene rings is 1. The van der Waals surface area contributed by atoms with Crippen LogP contribution in [-0.2, 0) is 26.0 Å². The van der Waals surface area contributed by atoms with Crippen LogP contribution in [0.2, 0.25) is 0 Å². The van der Waals surface area contributed by atoms with Crippen molar-refractivity contribution in [2.75, 3.05) is 6.54 Å². The fourth-order valence-corrected chi connectivity index (χ4v) is 6.33. The van der Waals surface area contributed by atoms with Crippen molar-refractivity contribution in [3.05, 3.63) is 40.3 Å². The quantitative estimate of drug-likeness (QED) is 0.303. The van der Waals surface area contributed by atoms with Gasteiger partial charge in [0.2, 0.25) is 10.0 Å². The Hall–Kier alpha value is -3.38. The number of aliphatic carboxylic acids is 1. The molecule has 206 valence electrons. The molecule has 0 bridgehead atoms. The zero-order valence-corrected chi connectivity index (χ0v) is 22.8. The molecule has 1 aliphatic rings. The van der Waals surface area contributed by atoms with E-state index in [1.165, 1.54) is 10.4 Å². The molecule has 3 aromatic rings. The molecule has 1 aromatic carbocycles. The molecule has 2 heterocycles. The first-order chi connectivity index (χ1) is 17.8. The summed E-state index contributed by atoms with van der Waals surface area (Å²) >= 11 is 0. The topological polar surface area (TPSA) is 162 Å². The van der Waals surface area contributed by atoms with Gasteiger partial charge in [0, 0.05) is 47.5 Å². The molecule has 2 aromatic heterocycles. The Kier molecular flexibility index (Phi) is 7.57. The van der Waals surface area contributed by atoms with E-state index < -0.39 is 33.7 Å². The fraction of sp³-hybridized carbons (Fsp3) is 0.500. The van der Waals surface area contributed by atoms with Gasteiger partial charge in [-0.1, -0.05) is 0 Å². The lowest BCUT2D eigenvalue weighted by atomic mass is 10.0. The second kappa shape index (κ2) is 10.4. The van der Waals surface area contributed by atoms with Crippen LogP contribution in [-0.4, -0.2) is 64.1 Å². The van der Waals surface area contributed by atoms with Crippen LogP contribution in [0.3, 0.4) is 0 Å². The van der Waals surface area contributed by atoms with Crippen molar-refractivity contribution in [1.29, 1.82) is 0 Å². The van der Waals surface area contributed by atoms with Crippen LogP contribution in [0.4, 0.5) is 4.79 Å². The van der Waals surface area contributed by atoms with E-state index in [2.05, 4.69) is 15.3 Å². The monoisotopic (exact) mass is 546 g/mol. The van der Waals surface area contributed by atoms with Gasteiger partial charge < -0.3 is 25.1 Å². The van der Waals surface area contributed by atoms with Crippen LogP contribution in [0.15, 0.2) is 34.1 Å². The van der Waals surface area contributed by atoms with E-state index >= 15 is 0 Å². The van der Waals surface area contributed by atoms with Gasteiger partial charge in [-0.2, -0.15) is 4.31 Å². The minimum atomic E-state index is -3.94. The molecule has 11 nitrogen and oxygen atoms in total. The lowest BCUT2D eigenvalue weighted by Crippen LogP contribution is -2.46. The molecular formula is C26H34N4O7S. The summed E-state index contributed by atoms with van der Waals surface area (Å²) in [5.74, 6) is -0.906. The first kappa shape index (κ1) is 27.6. The Labute approximate surface area is 220 Å². The van der Waals surface area contributed by atoms with E-state index in [1.54, 1.807) is 46.0 Å². The van der Waals surface area contributed by atoms with E-state index in [4.69, 9.17) is 9.84 Å². The zero-order chi connectivity index (χ0) is 27.8. The molecule has 12 heteroatoms. The summed E-state index contributed by atoms with van der Waals surface area (Å²) in [5, 5.41) is 12.9. The highest BCUT2D eigenvalue weighted by Gasteiger charge is 2.39. The van der Waals surface area contributed by atoms with Crippen molar-refractivity contribution >= 4 is 43.9 Å². The van der Waals surface area contributed by atoms with Crippen molar-refractivity contribution in [2.45, 2.75) is 82.4 Å². The number of H-pyrrole nitrogens is 2. The largest absolute Gasteiger partial charge is 0.481 e. The maximum atomic E-state index is 13.8. The van der Waals surface area contributed by atoms with Crippen LogP contribution in [0.5, 0.6) is 0 Å². The summed E-state index contributed by atoms with van der Waals surface area (Å²) < 4.78 is 34.4. The number of carbonyl (C=O) groups is 2. The van der Waals surface area contributed by atoms with Crippen LogP contribution < -0.4 is 10.9 Å². The maximum Gasteiger partial charge on any atom is 0.407 e. The Bertz CT molecular complexity index is 1530. The van der Waals surface area contributed by atoms with Crippen LogP contribution >= 0.6 is 0 Å². The number of fused-ring (bicyclic) bond motifs is 3. The standard InChI is InChI=1S/C26H34N4O7S/c1-15(28-25(34)37-26(2,3)4)14-30(17-8-9-17)38(35,36)18-10-11-20-19(12-18)22-16(6-5-7-21(31)32)13-27-23(22)24(33)29-20/h10-13,15,17,27H,5-9,14H2,1-4H3,(H,28,34)(H,29,33)(H,31,32). The summed E-state index contributed by atoms with van der Waals surface area (Å²) in [6.45, 7) is 7.07. The number of nitrogens with one attached hydrogen (secondary N) is 3. The van der Waals surface area contributed by atoms with Crippen molar-refractivity contribution in [2.24, 2.45) is 0 Å². The summed E-state index contributed by atoms with van der Waals surface area (Å²) in [6, 6.07) is 3.95. The summed E-state index contributed by atoms with van der Waals surface area (Å²) in [7, 11) is -3.94. The molecule has 1 fully saturated rings. The minimum Gasteiger partial charge on any atom is -0.481 e. The number of rotatable bonds is 10. The molecule has 1 atom stereocenters. The Morgan fingerprint density at radius 2 is 1.97 bits per heavy atom. The van der Waals surface area contributed by atoms with Gasteiger partial charge in [-0.25, -0.2) is 13.2 Å². The van der Waals surface area contributed by atoms with Gasteiger partial charge in [-0.15, -0.1) is 0 Å². The molecule has 0 spiro atoms. The third-order valence-electron chi connectivity index (χ3n) is 6.31. The second-order valence-electron chi connectivity index (χ2n) is 10.8. The number of amides is 1. The first-order valence-electron chi connectivity index (χ1n) is 12.7. The number of carbonyl (C=O) groups excluding carboxylic acids is 1. The number of carboxylic acid groups (broad SMARTS) is 1. The molecule has 4 rings (SSSR count). The molecule has 1 unspecified atom stereocenters. The SMILES string of the molecule is CC(CN(C1CC1)S(=O)(=O)c1ccc2[nH]c(=O)c3[nH]cc(CCCC(=O)O)c3c2c1)NC(=O)OC(C)(C)C. The smallest absolute Gasteiger partial charge is 0.407 e. The number of aromatic nitrogens is 2. The van der Waals surface area contributed by atoms with E-state index in [9.17, 15) is 22.8 Å². The maximum absolute atomic E-state index is 13.8. The van der Waals surface area contributed by atoms with Gasteiger partial charge >= 0.3 is 12.1 Å². The van der Waals surface area contributed by atoms with Crippen molar-refractivity contribution in [3.63, 3.8) is 0 Å². The number of sulfonamides is 1. The van der Waals surface area contributed by atoms with Gasteiger partial charge in [0.15, 0.2) is 0 Å². The van der Waals surface area contributed by atoms with Crippen molar-refractivity contribution < 1.29 is 27.9 Å². The third kappa shape index (κ3) is 6.18. The van der Waals surface area contributed by atoms with Crippen LogP contribution in [0.25, 0.3) is 21.8 Å². The van der Waals surface area contributed by atoms with Crippen molar-refractivity contribution in [3.8, 4) is 0 Å². The molecule has 0 aliphatic heterocycles. The van der Waals surface area contributed by atoms with Crippen molar-refractivity contribution in [1.82, 2.24) is 19.6 Å². The Morgan fingerprint density at radius 3 is 2.61 bits per heavy atom. The molecule has 1 amide bonds. The third-order valence-corrected chi connectivity index (χ3v) is 8.23. The number of hydrogen-bond acceptors (Lipinski definition) is 6. The Morgan fingerprint density at radius 1 is 1.26 bits per heavy atom. The van der Waals surface area contributed by atoms with Crippen LogP contribution in [0, 0.1) is 0 Å². The summed E-state index contributed by atoms with van der Waals surface area (Å²) in [5.41, 5.74) is 0.536. The lowest BCUT2D eigenvalue weighted by Gasteiger charge is -2.27. The zero-order valence-electron chi connectivity index (χ0n) is 22.0. The average molecular weight is 547 g/mol. The number of ether oxygens (including phenoxy) is 1. The highest BCUT2D eigenvalue weighted by Crippen LogP contribution is 2.34. The molecule has 0 radical (unpaired) electrons. The summed E-state index contributed by atoms with van der Waals surface area (Å²) in [6.07, 6.45) is 3.31. The predicted octanol–water partition coefficient (Wildman–Crippen LogP) is 3.48. The van der Waals surface area contributed by atoms with Gasteiger partial charge in [0.05, 0.1) is 4.90 Å². The number of aromatic amines is 2. The highest BCUT2D eigenvalue weighted by molar-refractivity contribution is 7.89.